The molecule has 0 heterocycles. The fourth-order valence-corrected chi connectivity index (χ4v) is 0.695. The van der Waals surface area contributed by atoms with E-state index in [1.165, 1.54) is 0 Å². The Hall–Kier alpha value is -0.610. The highest BCUT2D eigenvalue weighted by Gasteiger charge is 2.21. The van der Waals surface area contributed by atoms with Crippen molar-refractivity contribution in [3.63, 3.8) is 0 Å². The van der Waals surface area contributed by atoms with E-state index in [9.17, 15) is 4.79 Å². The van der Waals surface area contributed by atoms with E-state index < -0.39 is 5.92 Å². The summed E-state index contributed by atoms with van der Waals surface area (Å²) in [5.41, 5.74) is -0.320. The Morgan fingerprint density at radius 2 is 1.75 bits per heavy atom. The van der Waals surface area contributed by atoms with Crippen LogP contribution in [-0.2, 0) is 4.79 Å². The molecule has 3 N–H and O–H groups in total. The summed E-state index contributed by atoms with van der Waals surface area (Å²) in [7, 11) is 0. The lowest BCUT2D eigenvalue weighted by Gasteiger charge is -2.23. The summed E-state index contributed by atoms with van der Waals surface area (Å²) in [6.45, 7) is 4.89. The Balaban J connectivity index is 4.02. The summed E-state index contributed by atoms with van der Waals surface area (Å²) >= 11 is 0. The summed E-state index contributed by atoms with van der Waals surface area (Å²) in [6.07, 6.45) is 0. The normalized spacial score (nSPS) is 11.8. The zero-order chi connectivity index (χ0) is 9.78. The second-order valence-corrected chi connectivity index (χ2v) is 3.80. The maximum absolute atomic E-state index is 11.2. The first-order valence-electron chi connectivity index (χ1n) is 3.94. The number of rotatable bonds is 3. The molecule has 0 spiro atoms. The van der Waals surface area contributed by atoms with Gasteiger partial charge in [-0.1, -0.05) is 0 Å². The molecule has 12 heavy (non-hydrogen) atoms. The monoisotopic (exact) mass is 175 g/mol. The standard InChI is InChI=1S/C8H17NO3/c1-8(2,3)9-7(12)6(4-10)5-11/h6,10-11H,4-5H2,1-3H3,(H,9,12). The SMILES string of the molecule is CC(C)(C)NC(=O)C(CO)CO. The minimum Gasteiger partial charge on any atom is -0.395 e. The highest BCUT2D eigenvalue weighted by atomic mass is 16.3. The lowest BCUT2D eigenvalue weighted by molar-refractivity contribution is -0.129. The first-order valence-corrected chi connectivity index (χ1v) is 3.94. The average molecular weight is 175 g/mol. The molecule has 0 radical (unpaired) electrons. The van der Waals surface area contributed by atoms with E-state index in [1.807, 2.05) is 20.8 Å². The molecule has 1 amide bonds. The number of amides is 1. The molecule has 0 saturated heterocycles. The van der Waals surface area contributed by atoms with E-state index in [0.29, 0.717) is 0 Å². The summed E-state index contributed by atoms with van der Waals surface area (Å²) in [5, 5.41) is 20.0. The van der Waals surface area contributed by atoms with Gasteiger partial charge in [-0.3, -0.25) is 4.79 Å². The van der Waals surface area contributed by atoms with E-state index in [1.54, 1.807) is 0 Å². The van der Waals surface area contributed by atoms with Crippen LogP contribution in [0.2, 0.25) is 0 Å². The van der Waals surface area contributed by atoms with Gasteiger partial charge in [-0.05, 0) is 20.8 Å². The van der Waals surface area contributed by atoms with Crippen molar-refractivity contribution in [3.8, 4) is 0 Å². The largest absolute Gasteiger partial charge is 0.395 e. The predicted molar refractivity (Wildman–Crippen MR) is 45.6 cm³/mol. The lowest BCUT2D eigenvalue weighted by atomic mass is 10.1. The molecule has 0 unspecified atom stereocenters. The van der Waals surface area contributed by atoms with Crippen LogP contribution in [0.15, 0.2) is 0 Å². The van der Waals surface area contributed by atoms with Gasteiger partial charge in [0.05, 0.1) is 19.1 Å². The molecule has 72 valence electrons. The molecular weight excluding hydrogens is 158 g/mol. The minimum absolute atomic E-state index is 0.312. The molecule has 0 fully saturated rings. The zero-order valence-corrected chi connectivity index (χ0v) is 7.79. The van der Waals surface area contributed by atoms with Gasteiger partial charge in [0.25, 0.3) is 0 Å². The predicted octanol–water partition coefficient (Wildman–Crippen LogP) is -0.498. The zero-order valence-electron chi connectivity index (χ0n) is 7.79. The number of aliphatic hydroxyl groups excluding tert-OH is 2. The molecule has 0 aromatic heterocycles. The third-order valence-electron chi connectivity index (χ3n) is 1.31. The van der Waals surface area contributed by atoms with Crippen LogP contribution in [0.1, 0.15) is 20.8 Å². The summed E-state index contributed by atoms with van der Waals surface area (Å²) in [5.74, 6) is -1.02. The Kier molecular flexibility index (Phi) is 4.20. The topological polar surface area (TPSA) is 69.6 Å². The molecule has 0 bridgehead atoms. The van der Waals surface area contributed by atoms with Crippen LogP contribution in [0.25, 0.3) is 0 Å². The third-order valence-corrected chi connectivity index (χ3v) is 1.31. The molecule has 0 rings (SSSR count). The molecule has 0 saturated carbocycles. The van der Waals surface area contributed by atoms with Gasteiger partial charge in [0.1, 0.15) is 0 Å². The van der Waals surface area contributed by atoms with Gasteiger partial charge in [0, 0.05) is 5.54 Å². The summed E-state index contributed by atoms with van der Waals surface area (Å²) in [4.78, 5) is 11.2. The van der Waals surface area contributed by atoms with E-state index >= 15 is 0 Å². The summed E-state index contributed by atoms with van der Waals surface area (Å²) < 4.78 is 0. The van der Waals surface area contributed by atoms with Crippen LogP contribution in [-0.4, -0.2) is 34.9 Å². The van der Waals surface area contributed by atoms with Crippen LogP contribution < -0.4 is 5.32 Å². The van der Waals surface area contributed by atoms with Crippen LogP contribution in [0.4, 0.5) is 0 Å². The lowest BCUT2D eigenvalue weighted by Crippen LogP contribution is -2.45. The van der Waals surface area contributed by atoms with E-state index in [-0.39, 0.29) is 24.7 Å². The van der Waals surface area contributed by atoms with E-state index in [2.05, 4.69) is 5.32 Å². The van der Waals surface area contributed by atoms with Gasteiger partial charge >= 0.3 is 0 Å². The Morgan fingerprint density at radius 3 is 2.00 bits per heavy atom. The van der Waals surface area contributed by atoms with Crippen molar-refractivity contribution in [3.05, 3.63) is 0 Å². The Bertz CT molecular complexity index is 147. The Labute approximate surface area is 72.6 Å². The fraction of sp³-hybridized carbons (Fsp3) is 0.875. The van der Waals surface area contributed by atoms with Gasteiger partial charge < -0.3 is 15.5 Å². The van der Waals surface area contributed by atoms with Gasteiger partial charge in [-0.2, -0.15) is 0 Å². The van der Waals surface area contributed by atoms with Crippen LogP contribution in [0.5, 0.6) is 0 Å². The van der Waals surface area contributed by atoms with Crippen molar-refractivity contribution in [2.75, 3.05) is 13.2 Å². The number of hydrogen-bond acceptors (Lipinski definition) is 3. The van der Waals surface area contributed by atoms with Crippen LogP contribution >= 0.6 is 0 Å². The molecule has 0 aliphatic carbocycles. The van der Waals surface area contributed by atoms with Crippen molar-refractivity contribution < 1.29 is 15.0 Å². The molecule has 0 aromatic carbocycles. The maximum atomic E-state index is 11.2. The number of carbonyl (C=O) groups is 1. The van der Waals surface area contributed by atoms with Crippen LogP contribution in [0.3, 0.4) is 0 Å². The fourth-order valence-electron chi connectivity index (χ4n) is 0.695. The molecule has 0 aliphatic heterocycles. The van der Waals surface area contributed by atoms with E-state index in [0.717, 1.165) is 0 Å². The van der Waals surface area contributed by atoms with Crippen molar-refractivity contribution in [2.45, 2.75) is 26.3 Å². The highest BCUT2D eigenvalue weighted by molar-refractivity contribution is 5.79. The molecule has 0 aliphatic rings. The Morgan fingerprint density at radius 1 is 1.33 bits per heavy atom. The van der Waals surface area contributed by atoms with Crippen molar-refractivity contribution in [1.29, 1.82) is 0 Å². The second kappa shape index (κ2) is 4.42. The van der Waals surface area contributed by atoms with Crippen molar-refractivity contribution in [2.24, 2.45) is 5.92 Å². The van der Waals surface area contributed by atoms with Gasteiger partial charge in [0.2, 0.25) is 5.91 Å². The first-order chi connectivity index (χ1) is 5.40. The van der Waals surface area contributed by atoms with E-state index in [4.69, 9.17) is 10.2 Å². The second-order valence-electron chi connectivity index (χ2n) is 3.80. The summed E-state index contributed by atoms with van der Waals surface area (Å²) in [6, 6.07) is 0. The highest BCUT2D eigenvalue weighted by Crippen LogP contribution is 2.02. The van der Waals surface area contributed by atoms with Crippen molar-refractivity contribution in [1.82, 2.24) is 5.32 Å². The quantitative estimate of drug-likeness (QED) is 0.541. The number of aliphatic hydroxyl groups is 2. The number of nitrogens with one attached hydrogen (secondary N) is 1. The van der Waals surface area contributed by atoms with Crippen molar-refractivity contribution >= 4 is 5.91 Å². The number of carbonyl (C=O) groups excluding carboxylic acids is 1. The molecule has 4 nitrogen and oxygen atoms in total. The van der Waals surface area contributed by atoms with Gasteiger partial charge in [-0.25, -0.2) is 0 Å². The first kappa shape index (κ1) is 11.4. The molecule has 0 aromatic rings. The molecule has 4 heteroatoms. The maximum Gasteiger partial charge on any atom is 0.228 e. The minimum atomic E-state index is -0.704. The average Bonchev–Trinajstić information content (AvgIpc) is 1.85. The van der Waals surface area contributed by atoms with Gasteiger partial charge in [-0.15, -0.1) is 0 Å². The van der Waals surface area contributed by atoms with Gasteiger partial charge in [0.15, 0.2) is 0 Å². The third kappa shape index (κ3) is 4.31. The smallest absolute Gasteiger partial charge is 0.228 e. The number of hydrogen-bond donors (Lipinski definition) is 3. The molecule has 0 atom stereocenters. The van der Waals surface area contributed by atoms with Crippen LogP contribution in [0, 0.1) is 5.92 Å². The molecular formula is C8H17NO3.